The number of ether oxygens (including phenoxy) is 1. The predicted molar refractivity (Wildman–Crippen MR) is 73.2 cm³/mol. The summed E-state index contributed by atoms with van der Waals surface area (Å²) in [6, 6.07) is 9.83. The van der Waals surface area contributed by atoms with Crippen LogP contribution in [0.3, 0.4) is 0 Å². The normalized spacial score (nSPS) is 14.3. The average Bonchev–Trinajstić information content (AvgIpc) is 2.36. The highest BCUT2D eigenvalue weighted by atomic mass is 16.5. The first-order chi connectivity index (χ1) is 8.48. The van der Waals surface area contributed by atoms with Gasteiger partial charge in [0.1, 0.15) is 5.54 Å². The van der Waals surface area contributed by atoms with Crippen molar-refractivity contribution in [3.05, 3.63) is 35.9 Å². The van der Waals surface area contributed by atoms with Crippen LogP contribution in [-0.2, 0) is 16.0 Å². The van der Waals surface area contributed by atoms with E-state index in [2.05, 4.69) is 13.8 Å². The van der Waals surface area contributed by atoms with Crippen molar-refractivity contribution in [2.75, 3.05) is 7.11 Å². The first-order valence-electron chi connectivity index (χ1n) is 6.39. The zero-order valence-electron chi connectivity index (χ0n) is 11.5. The molecule has 0 aliphatic carbocycles. The monoisotopic (exact) mass is 249 g/mol. The largest absolute Gasteiger partial charge is 0.468 e. The minimum Gasteiger partial charge on any atom is -0.468 e. The summed E-state index contributed by atoms with van der Waals surface area (Å²) >= 11 is 0. The van der Waals surface area contributed by atoms with Crippen LogP contribution in [0.4, 0.5) is 0 Å². The van der Waals surface area contributed by atoms with E-state index in [-0.39, 0.29) is 5.97 Å². The van der Waals surface area contributed by atoms with Gasteiger partial charge in [-0.25, -0.2) is 0 Å². The van der Waals surface area contributed by atoms with Crippen molar-refractivity contribution in [2.24, 2.45) is 11.7 Å². The molecule has 0 unspecified atom stereocenters. The van der Waals surface area contributed by atoms with Crippen LogP contribution >= 0.6 is 0 Å². The number of rotatable bonds is 6. The average molecular weight is 249 g/mol. The van der Waals surface area contributed by atoms with Gasteiger partial charge in [-0.15, -0.1) is 0 Å². The fourth-order valence-electron chi connectivity index (χ4n) is 1.97. The molecule has 18 heavy (non-hydrogen) atoms. The van der Waals surface area contributed by atoms with Crippen molar-refractivity contribution in [3.63, 3.8) is 0 Å². The maximum atomic E-state index is 11.9. The van der Waals surface area contributed by atoms with Crippen LogP contribution in [0, 0.1) is 5.92 Å². The first kappa shape index (κ1) is 14.7. The second-order valence-corrected chi connectivity index (χ2v) is 5.24. The molecule has 1 aromatic carbocycles. The quantitative estimate of drug-likeness (QED) is 0.788. The maximum Gasteiger partial charge on any atom is 0.326 e. The summed E-state index contributed by atoms with van der Waals surface area (Å²) < 4.78 is 4.86. The molecule has 100 valence electrons. The van der Waals surface area contributed by atoms with E-state index in [1.165, 1.54) is 7.11 Å². The molecule has 3 heteroatoms. The highest BCUT2D eigenvalue weighted by molar-refractivity contribution is 5.80. The smallest absolute Gasteiger partial charge is 0.326 e. The van der Waals surface area contributed by atoms with Crippen LogP contribution < -0.4 is 5.73 Å². The van der Waals surface area contributed by atoms with Gasteiger partial charge in [0.15, 0.2) is 0 Å². The molecule has 0 bridgehead atoms. The van der Waals surface area contributed by atoms with Gasteiger partial charge in [-0.1, -0.05) is 44.2 Å². The molecule has 0 saturated carbocycles. The topological polar surface area (TPSA) is 52.3 Å². The second-order valence-electron chi connectivity index (χ2n) is 5.24. The second kappa shape index (κ2) is 6.55. The Morgan fingerprint density at radius 2 is 1.94 bits per heavy atom. The molecular formula is C15H23NO2. The van der Waals surface area contributed by atoms with Crippen molar-refractivity contribution in [3.8, 4) is 0 Å². The van der Waals surface area contributed by atoms with Crippen LogP contribution in [-0.4, -0.2) is 18.6 Å². The predicted octanol–water partition coefficient (Wildman–Crippen LogP) is 2.54. The van der Waals surface area contributed by atoms with Gasteiger partial charge in [0.2, 0.25) is 0 Å². The molecule has 1 rings (SSSR count). The van der Waals surface area contributed by atoms with Crippen LogP contribution in [0.25, 0.3) is 0 Å². The zero-order chi connectivity index (χ0) is 13.6. The lowest BCUT2D eigenvalue weighted by Crippen LogP contribution is -2.50. The van der Waals surface area contributed by atoms with Crippen molar-refractivity contribution in [1.29, 1.82) is 0 Å². The number of esters is 1. The molecule has 0 spiro atoms. The lowest BCUT2D eigenvalue weighted by Gasteiger charge is -2.27. The van der Waals surface area contributed by atoms with Gasteiger partial charge in [0, 0.05) is 6.42 Å². The van der Waals surface area contributed by atoms with Crippen molar-refractivity contribution in [1.82, 2.24) is 0 Å². The van der Waals surface area contributed by atoms with Gasteiger partial charge in [0.05, 0.1) is 7.11 Å². The van der Waals surface area contributed by atoms with E-state index in [1.807, 2.05) is 30.3 Å². The van der Waals surface area contributed by atoms with E-state index in [1.54, 1.807) is 0 Å². The van der Waals surface area contributed by atoms with Gasteiger partial charge < -0.3 is 10.5 Å². The Balaban J connectivity index is 2.80. The molecule has 1 aromatic rings. The Labute approximate surface area is 109 Å². The fraction of sp³-hybridized carbons (Fsp3) is 0.533. The highest BCUT2D eigenvalue weighted by Crippen LogP contribution is 2.21. The third-order valence-electron chi connectivity index (χ3n) is 3.12. The highest BCUT2D eigenvalue weighted by Gasteiger charge is 2.35. The van der Waals surface area contributed by atoms with Crippen LogP contribution in [0.1, 0.15) is 32.3 Å². The number of hydrogen-bond donors (Lipinski definition) is 1. The van der Waals surface area contributed by atoms with E-state index in [4.69, 9.17) is 10.5 Å². The molecule has 0 radical (unpaired) electrons. The molecule has 2 N–H and O–H groups in total. The van der Waals surface area contributed by atoms with Crippen LogP contribution in [0.5, 0.6) is 0 Å². The van der Waals surface area contributed by atoms with Crippen molar-refractivity contribution in [2.45, 2.75) is 38.6 Å². The van der Waals surface area contributed by atoms with E-state index >= 15 is 0 Å². The van der Waals surface area contributed by atoms with E-state index in [0.717, 1.165) is 12.0 Å². The molecule has 0 aromatic heterocycles. The van der Waals surface area contributed by atoms with E-state index < -0.39 is 5.54 Å². The molecule has 1 atom stereocenters. The van der Waals surface area contributed by atoms with Gasteiger partial charge in [-0.3, -0.25) is 4.79 Å². The summed E-state index contributed by atoms with van der Waals surface area (Å²) in [5.74, 6) is 0.195. The summed E-state index contributed by atoms with van der Waals surface area (Å²) in [6.07, 6.45) is 2.08. The van der Waals surface area contributed by atoms with Crippen molar-refractivity contribution < 1.29 is 9.53 Å². The number of benzene rings is 1. The Morgan fingerprint density at radius 1 is 1.33 bits per heavy atom. The fourth-order valence-corrected chi connectivity index (χ4v) is 1.97. The number of carbonyl (C=O) groups excluding carboxylic acids is 1. The van der Waals surface area contributed by atoms with Crippen molar-refractivity contribution >= 4 is 5.97 Å². The van der Waals surface area contributed by atoms with E-state index in [0.29, 0.717) is 18.8 Å². The Kier molecular flexibility index (Phi) is 5.35. The Hall–Kier alpha value is -1.35. The number of nitrogens with two attached hydrogens (primary N) is 1. The standard InChI is InChI=1S/C15H23NO2/c1-12(2)9-10-15(16,14(17)18-3)11-13-7-5-4-6-8-13/h4-8,12H,9-11,16H2,1-3H3/t15-/m1/s1. The number of methoxy groups -OCH3 is 1. The third kappa shape index (κ3) is 4.15. The Morgan fingerprint density at radius 3 is 2.44 bits per heavy atom. The van der Waals surface area contributed by atoms with Crippen LogP contribution in [0.15, 0.2) is 30.3 Å². The summed E-state index contributed by atoms with van der Waals surface area (Å²) in [5.41, 5.74) is 6.41. The lowest BCUT2D eigenvalue weighted by atomic mass is 9.85. The summed E-state index contributed by atoms with van der Waals surface area (Å²) in [5, 5.41) is 0. The molecule has 0 aliphatic heterocycles. The third-order valence-corrected chi connectivity index (χ3v) is 3.12. The van der Waals surface area contributed by atoms with Gasteiger partial charge in [-0.05, 0) is 24.3 Å². The molecular weight excluding hydrogens is 226 g/mol. The summed E-state index contributed by atoms with van der Waals surface area (Å²) in [6.45, 7) is 4.25. The first-order valence-corrected chi connectivity index (χ1v) is 6.39. The van der Waals surface area contributed by atoms with Crippen LogP contribution in [0.2, 0.25) is 0 Å². The van der Waals surface area contributed by atoms with Gasteiger partial charge in [0.25, 0.3) is 0 Å². The lowest BCUT2D eigenvalue weighted by molar-refractivity contribution is -0.147. The summed E-state index contributed by atoms with van der Waals surface area (Å²) in [7, 11) is 1.39. The molecule has 0 aliphatic rings. The molecule has 0 saturated heterocycles. The number of hydrogen-bond acceptors (Lipinski definition) is 3. The minimum absolute atomic E-state index is 0.327. The molecule has 3 nitrogen and oxygen atoms in total. The van der Waals surface area contributed by atoms with E-state index in [9.17, 15) is 4.79 Å². The molecule has 0 amide bonds. The summed E-state index contributed by atoms with van der Waals surface area (Å²) in [4.78, 5) is 11.9. The molecule has 0 heterocycles. The minimum atomic E-state index is -0.916. The van der Waals surface area contributed by atoms with Gasteiger partial charge >= 0.3 is 5.97 Å². The zero-order valence-corrected chi connectivity index (χ0v) is 11.5. The SMILES string of the molecule is COC(=O)[C@@](N)(CCC(C)C)Cc1ccccc1. The Bertz CT molecular complexity index is 375. The number of carbonyl (C=O) groups is 1. The van der Waals surface area contributed by atoms with Gasteiger partial charge in [-0.2, -0.15) is 0 Å². The molecule has 0 fully saturated rings. The maximum absolute atomic E-state index is 11.9.